The van der Waals surface area contributed by atoms with Gasteiger partial charge in [-0.15, -0.1) is 0 Å². The van der Waals surface area contributed by atoms with Crippen LogP contribution in [0.5, 0.6) is 5.75 Å². The Morgan fingerprint density at radius 1 is 1.13 bits per heavy atom. The Balaban J connectivity index is 1.52. The van der Waals surface area contributed by atoms with Crippen LogP contribution in [-0.2, 0) is 16.0 Å². The van der Waals surface area contributed by atoms with Crippen LogP contribution < -0.4 is 15.6 Å². The predicted molar refractivity (Wildman–Crippen MR) is 145 cm³/mol. The number of morpholine rings is 1. The Hall–Kier alpha value is -3.14. The van der Waals surface area contributed by atoms with Gasteiger partial charge in [0.05, 0.1) is 32.4 Å². The average Bonchev–Trinajstić information content (AvgIpc) is 3.36. The van der Waals surface area contributed by atoms with Crippen molar-refractivity contribution in [3.63, 3.8) is 0 Å². The number of methoxy groups -OCH3 is 1. The summed E-state index contributed by atoms with van der Waals surface area (Å²) in [7, 11) is 1.53. The van der Waals surface area contributed by atoms with Gasteiger partial charge in [-0.2, -0.15) is 0 Å². The quantitative estimate of drug-likeness (QED) is 0.493. The van der Waals surface area contributed by atoms with E-state index in [-0.39, 0.29) is 24.1 Å². The summed E-state index contributed by atoms with van der Waals surface area (Å²) in [4.78, 5) is 31.4. The van der Waals surface area contributed by atoms with E-state index in [0.29, 0.717) is 41.7 Å². The molecule has 0 aliphatic carbocycles. The van der Waals surface area contributed by atoms with Gasteiger partial charge in [-0.05, 0) is 68.9 Å². The predicted octanol–water partition coefficient (Wildman–Crippen LogP) is 3.47. The lowest BCUT2D eigenvalue weighted by molar-refractivity contribution is 0.0187. The second-order valence-electron chi connectivity index (χ2n) is 10.4. The van der Waals surface area contributed by atoms with Crippen LogP contribution in [0.3, 0.4) is 0 Å². The van der Waals surface area contributed by atoms with Gasteiger partial charge in [0, 0.05) is 61.0 Å². The lowest BCUT2D eigenvalue weighted by atomic mass is 9.94. The van der Waals surface area contributed by atoms with Crippen molar-refractivity contribution in [2.75, 3.05) is 46.6 Å². The summed E-state index contributed by atoms with van der Waals surface area (Å²) < 4.78 is 18.9. The lowest BCUT2D eigenvalue weighted by Crippen LogP contribution is -2.39. The summed E-state index contributed by atoms with van der Waals surface area (Å²) in [5.41, 5.74) is 5.80. The fourth-order valence-electron chi connectivity index (χ4n) is 5.84. The molecule has 5 rings (SSSR count). The van der Waals surface area contributed by atoms with Crippen LogP contribution in [0.4, 0.5) is 0 Å². The number of hydrogen-bond acceptors (Lipinski definition) is 6. The number of nitrogens with zero attached hydrogens (tertiary/aromatic N) is 2. The number of amides is 1. The molecule has 38 heavy (non-hydrogen) atoms. The van der Waals surface area contributed by atoms with Crippen molar-refractivity contribution in [3.8, 4) is 5.75 Å². The smallest absolute Gasteiger partial charge is 0.256 e. The fraction of sp³-hybridized carbons (Fsp3) is 0.517. The standard InChI is InChI=1S/C29H38N4O5/c1-18-13-26(36-4)25(29(35)31-18)16-30-28(34)24-15-23-14-22(21-5-9-37-10-6-21)17-33(23)27(19(24)2)20(3)32-7-11-38-12-8-32/h13-15,17,20-21H,5-12,16H2,1-4H3,(H,30,34)(H,31,35). The van der Waals surface area contributed by atoms with E-state index in [0.717, 1.165) is 55.9 Å². The summed E-state index contributed by atoms with van der Waals surface area (Å²) >= 11 is 0. The second-order valence-corrected chi connectivity index (χ2v) is 10.4. The summed E-state index contributed by atoms with van der Waals surface area (Å²) in [6, 6.07) is 6.06. The maximum atomic E-state index is 13.6. The minimum Gasteiger partial charge on any atom is -0.496 e. The molecule has 1 atom stereocenters. The molecule has 0 saturated carbocycles. The third kappa shape index (κ3) is 5.23. The van der Waals surface area contributed by atoms with Gasteiger partial charge in [0.2, 0.25) is 0 Å². The Labute approximate surface area is 223 Å². The number of carbonyl (C=O) groups is 1. The van der Waals surface area contributed by atoms with Crippen LogP contribution in [0, 0.1) is 13.8 Å². The van der Waals surface area contributed by atoms with E-state index in [1.807, 2.05) is 13.0 Å². The molecule has 5 heterocycles. The summed E-state index contributed by atoms with van der Waals surface area (Å²) in [6.07, 6.45) is 4.26. The van der Waals surface area contributed by atoms with E-state index in [1.54, 1.807) is 13.0 Å². The highest BCUT2D eigenvalue weighted by atomic mass is 16.5. The molecule has 1 amide bonds. The highest BCUT2D eigenvalue weighted by molar-refractivity contribution is 5.97. The summed E-state index contributed by atoms with van der Waals surface area (Å²) in [6.45, 7) is 10.8. The molecule has 0 spiro atoms. The number of aryl methyl sites for hydroxylation is 1. The first-order valence-electron chi connectivity index (χ1n) is 13.5. The van der Waals surface area contributed by atoms with Crippen LogP contribution in [0.25, 0.3) is 5.52 Å². The molecule has 2 saturated heterocycles. The van der Waals surface area contributed by atoms with Gasteiger partial charge >= 0.3 is 0 Å². The van der Waals surface area contributed by atoms with Gasteiger partial charge in [0.15, 0.2) is 0 Å². The Kier molecular flexibility index (Phi) is 7.88. The molecular weight excluding hydrogens is 484 g/mol. The van der Waals surface area contributed by atoms with Crippen LogP contribution >= 0.6 is 0 Å². The van der Waals surface area contributed by atoms with Crippen LogP contribution in [-0.4, -0.2) is 66.8 Å². The zero-order valence-electron chi connectivity index (χ0n) is 22.8. The first-order valence-corrected chi connectivity index (χ1v) is 13.5. The minimum absolute atomic E-state index is 0.0743. The normalized spacial score (nSPS) is 18.0. The second kappa shape index (κ2) is 11.3. The van der Waals surface area contributed by atoms with E-state index in [2.05, 4.69) is 38.8 Å². The maximum Gasteiger partial charge on any atom is 0.256 e. The van der Waals surface area contributed by atoms with Gasteiger partial charge in [-0.1, -0.05) is 0 Å². The molecule has 2 N–H and O–H groups in total. The van der Waals surface area contributed by atoms with E-state index in [1.165, 1.54) is 12.7 Å². The molecule has 9 heteroatoms. The minimum atomic E-state index is -0.261. The van der Waals surface area contributed by atoms with E-state index >= 15 is 0 Å². The first-order chi connectivity index (χ1) is 18.4. The Morgan fingerprint density at radius 2 is 1.84 bits per heavy atom. The molecule has 9 nitrogen and oxygen atoms in total. The third-order valence-corrected chi connectivity index (χ3v) is 8.01. The van der Waals surface area contributed by atoms with E-state index in [4.69, 9.17) is 14.2 Å². The Bertz CT molecular complexity index is 1370. The number of hydrogen-bond donors (Lipinski definition) is 2. The lowest BCUT2D eigenvalue weighted by Gasteiger charge is -2.34. The molecule has 0 radical (unpaired) electrons. The number of rotatable bonds is 7. The fourth-order valence-corrected chi connectivity index (χ4v) is 5.84. The highest BCUT2D eigenvalue weighted by Crippen LogP contribution is 2.33. The van der Waals surface area contributed by atoms with Crippen LogP contribution in [0.1, 0.15) is 70.2 Å². The number of carbonyl (C=O) groups excluding carboxylic acids is 1. The molecule has 3 aromatic heterocycles. The number of aromatic nitrogens is 2. The van der Waals surface area contributed by atoms with Crippen molar-refractivity contribution >= 4 is 11.4 Å². The van der Waals surface area contributed by atoms with Crippen molar-refractivity contribution in [1.82, 2.24) is 19.6 Å². The molecule has 0 bridgehead atoms. The van der Waals surface area contributed by atoms with Crippen molar-refractivity contribution < 1.29 is 19.0 Å². The SMILES string of the molecule is COc1cc(C)[nH]c(=O)c1CNC(=O)c1cc2cc(C3CCOCC3)cn2c(C(C)N2CCOCC2)c1C. The molecule has 2 fully saturated rings. The molecule has 204 valence electrons. The zero-order valence-corrected chi connectivity index (χ0v) is 22.8. The molecule has 3 aromatic rings. The van der Waals surface area contributed by atoms with Crippen LogP contribution in [0.2, 0.25) is 0 Å². The van der Waals surface area contributed by atoms with E-state index < -0.39 is 0 Å². The number of nitrogens with one attached hydrogen (secondary N) is 2. The van der Waals surface area contributed by atoms with Crippen molar-refractivity contribution in [2.24, 2.45) is 0 Å². The number of H-pyrrole nitrogens is 1. The number of aromatic amines is 1. The first kappa shape index (κ1) is 26.5. The third-order valence-electron chi connectivity index (χ3n) is 8.01. The number of fused-ring (bicyclic) bond motifs is 1. The van der Waals surface area contributed by atoms with Gasteiger partial charge in [-0.25, -0.2) is 0 Å². The maximum absolute atomic E-state index is 13.6. The van der Waals surface area contributed by atoms with E-state index in [9.17, 15) is 9.59 Å². The molecule has 0 aromatic carbocycles. The Morgan fingerprint density at radius 3 is 2.55 bits per heavy atom. The monoisotopic (exact) mass is 522 g/mol. The largest absolute Gasteiger partial charge is 0.496 e. The molecule has 2 aliphatic rings. The van der Waals surface area contributed by atoms with Gasteiger partial charge in [-0.3, -0.25) is 14.5 Å². The van der Waals surface area contributed by atoms with Gasteiger partial charge in [0.25, 0.3) is 11.5 Å². The molecule has 1 unspecified atom stereocenters. The zero-order chi connectivity index (χ0) is 26.8. The highest BCUT2D eigenvalue weighted by Gasteiger charge is 2.27. The van der Waals surface area contributed by atoms with Gasteiger partial charge in [0.1, 0.15) is 5.75 Å². The van der Waals surface area contributed by atoms with Crippen LogP contribution in [0.15, 0.2) is 29.2 Å². The topological polar surface area (TPSA) is 97.3 Å². The van der Waals surface area contributed by atoms with Gasteiger partial charge < -0.3 is 28.9 Å². The average molecular weight is 523 g/mol. The van der Waals surface area contributed by atoms with Crippen molar-refractivity contribution in [3.05, 3.63) is 68.4 Å². The van der Waals surface area contributed by atoms with Crippen molar-refractivity contribution in [1.29, 1.82) is 0 Å². The molecular formula is C29H38N4O5. The number of pyridine rings is 2. The summed E-state index contributed by atoms with van der Waals surface area (Å²) in [5, 5.41) is 2.97. The summed E-state index contributed by atoms with van der Waals surface area (Å²) in [5.74, 6) is 0.706. The number of ether oxygens (including phenoxy) is 3. The molecule has 2 aliphatic heterocycles. The van der Waals surface area contributed by atoms with Crippen molar-refractivity contribution in [2.45, 2.75) is 52.1 Å².